The Morgan fingerprint density at radius 2 is 1.00 bits per heavy atom. The molecular formula is C57H35N5O. The molecule has 4 aromatic heterocycles. The molecular weight excluding hydrogens is 771 g/mol. The van der Waals surface area contributed by atoms with Crippen molar-refractivity contribution in [2.75, 3.05) is 0 Å². The third-order valence-corrected chi connectivity index (χ3v) is 11.9. The molecule has 0 aliphatic carbocycles. The lowest BCUT2D eigenvalue weighted by molar-refractivity contribution is 0.670. The number of fused-ring (bicyclic) bond motifs is 9. The molecule has 0 aliphatic heterocycles. The molecule has 4 heterocycles. The Hall–Kier alpha value is -8.61. The second-order valence-electron chi connectivity index (χ2n) is 15.5. The number of benzene rings is 9. The average molecular weight is 812 g/mol. The van der Waals surface area contributed by atoms with Crippen molar-refractivity contribution in [2.45, 2.75) is 0 Å². The van der Waals surface area contributed by atoms with Crippen LogP contribution < -0.4 is 0 Å². The number of aromatic nitrogens is 5. The predicted molar refractivity (Wildman–Crippen MR) is 258 cm³/mol. The molecule has 6 heteroatoms. The van der Waals surface area contributed by atoms with Gasteiger partial charge in [0.05, 0.1) is 36.0 Å². The molecule has 0 aliphatic rings. The summed E-state index contributed by atoms with van der Waals surface area (Å²) in [7, 11) is 0. The van der Waals surface area contributed by atoms with E-state index >= 15 is 0 Å². The molecule has 0 amide bonds. The zero-order chi connectivity index (χ0) is 46.7. The fourth-order valence-corrected chi connectivity index (χ4v) is 9.20. The Balaban J connectivity index is 1.14. The summed E-state index contributed by atoms with van der Waals surface area (Å²) in [5.41, 5.74) is 8.33. The lowest BCUT2D eigenvalue weighted by atomic mass is 9.97. The first-order valence-corrected chi connectivity index (χ1v) is 20.7. The smallest absolute Gasteiger partial charge is 0.166 e. The van der Waals surface area contributed by atoms with Crippen LogP contribution in [-0.4, -0.2) is 24.1 Å². The highest BCUT2D eigenvalue weighted by molar-refractivity contribution is 6.14. The van der Waals surface area contributed by atoms with E-state index in [1.165, 1.54) is 6.07 Å². The van der Waals surface area contributed by atoms with Crippen LogP contribution in [0.4, 0.5) is 0 Å². The van der Waals surface area contributed by atoms with Gasteiger partial charge in [0.25, 0.3) is 0 Å². The average Bonchev–Trinajstić information content (AvgIpc) is 4.07. The summed E-state index contributed by atoms with van der Waals surface area (Å²) in [5, 5.41) is 4.35. The van der Waals surface area contributed by atoms with Crippen LogP contribution in [0.3, 0.4) is 0 Å². The van der Waals surface area contributed by atoms with Crippen LogP contribution in [0.15, 0.2) is 217 Å². The predicted octanol–water partition coefficient (Wildman–Crippen LogP) is 14.6. The van der Waals surface area contributed by atoms with Crippen molar-refractivity contribution < 1.29 is 12.6 Å². The van der Waals surface area contributed by atoms with Crippen LogP contribution in [0.1, 0.15) is 8.22 Å². The lowest BCUT2D eigenvalue weighted by Gasteiger charge is -2.17. The molecule has 0 bridgehead atoms. The van der Waals surface area contributed by atoms with Gasteiger partial charge in [-0.05, 0) is 60.6 Å². The summed E-state index contributed by atoms with van der Waals surface area (Å²) in [6.07, 6.45) is 0. The standard InChI is InChI=1S/C57H35N5O/c1-3-17-36(18-4-1)55-58-56(60-57(59-55)46-28-15-25-43-41-23-9-11-29-48(41)61(53(43)46)38-19-5-2-6-20-38)37-33-34-51(62-49-30-12-7-21-39(49)40-22-8-13-31-50(40)62)47(35-37)45-27-16-26-44-42-24-10-14-32-52(42)63-54(44)45/h1-35H/i10D,16D,24D,26D,27D,32D. The molecule has 0 radical (unpaired) electrons. The van der Waals surface area contributed by atoms with E-state index in [1.54, 1.807) is 0 Å². The number of furan rings is 1. The van der Waals surface area contributed by atoms with E-state index in [0.29, 0.717) is 34.3 Å². The number of rotatable bonds is 6. The van der Waals surface area contributed by atoms with E-state index in [1.807, 2.05) is 127 Å². The van der Waals surface area contributed by atoms with Gasteiger partial charge in [-0.2, -0.15) is 0 Å². The molecule has 0 unspecified atom stereocenters. The van der Waals surface area contributed by atoms with E-state index < -0.39 is 0 Å². The highest BCUT2D eigenvalue weighted by atomic mass is 16.3. The third kappa shape index (κ3) is 5.48. The Labute approximate surface area is 370 Å². The van der Waals surface area contributed by atoms with Crippen molar-refractivity contribution in [1.82, 2.24) is 24.1 Å². The molecule has 63 heavy (non-hydrogen) atoms. The summed E-state index contributed by atoms with van der Waals surface area (Å²) >= 11 is 0. The number of hydrogen-bond donors (Lipinski definition) is 0. The first kappa shape index (κ1) is 29.6. The van der Waals surface area contributed by atoms with Gasteiger partial charge in [-0.25, -0.2) is 15.0 Å². The molecule has 0 atom stereocenters. The monoisotopic (exact) mass is 811 g/mol. The zero-order valence-electron chi connectivity index (χ0n) is 39.4. The van der Waals surface area contributed by atoms with E-state index in [-0.39, 0.29) is 63.8 Å². The minimum Gasteiger partial charge on any atom is -0.455 e. The summed E-state index contributed by atoms with van der Waals surface area (Å²) < 4.78 is 65.2. The van der Waals surface area contributed by atoms with Gasteiger partial charge in [-0.1, -0.05) is 152 Å². The van der Waals surface area contributed by atoms with E-state index in [2.05, 4.69) is 51.6 Å². The SMILES string of the molecule is [2H]c1cc([2H])c2oc3c(-c4cc(-c5nc(-c6ccccc6)nc(-c6cccc7c8ccccc8n(-c8ccccc8)c67)n5)ccc4-n4c5ccccc5c5ccccc54)c([2H])c([2H])c([2H])c3c2c1[2H]. The maximum Gasteiger partial charge on any atom is 0.166 e. The van der Waals surface area contributed by atoms with Crippen molar-refractivity contribution in [2.24, 2.45) is 0 Å². The third-order valence-electron chi connectivity index (χ3n) is 11.9. The van der Waals surface area contributed by atoms with E-state index in [0.717, 1.165) is 60.4 Å². The fraction of sp³-hybridized carbons (Fsp3) is 0. The van der Waals surface area contributed by atoms with E-state index in [4.69, 9.17) is 23.5 Å². The fourth-order valence-electron chi connectivity index (χ4n) is 9.20. The Morgan fingerprint density at radius 1 is 0.397 bits per heavy atom. The van der Waals surface area contributed by atoms with Crippen molar-refractivity contribution in [3.8, 4) is 56.7 Å². The lowest BCUT2D eigenvalue weighted by Crippen LogP contribution is -2.03. The molecule has 13 aromatic rings. The normalized spacial score (nSPS) is 13.1. The highest BCUT2D eigenvalue weighted by Gasteiger charge is 2.23. The second-order valence-corrected chi connectivity index (χ2v) is 15.5. The maximum absolute atomic E-state index is 9.66. The van der Waals surface area contributed by atoms with Gasteiger partial charge in [0.1, 0.15) is 11.2 Å². The Kier molecular flexibility index (Phi) is 6.56. The summed E-state index contributed by atoms with van der Waals surface area (Å²) in [4.78, 5) is 15.7. The largest absolute Gasteiger partial charge is 0.455 e. The van der Waals surface area contributed by atoms with Crippen LogP contribution in [0.25, 0.3) is 122 Å². The summed E-state index contributed by atoms with van der Waals surface area (Å²) in [5.74, 6) is 1.25. The van der Waals surface area contributed by atoms with Crippen molar-refractivity contribution in [3.63, 3.8) is 0 Å². The molecule has 0 fully saturated rings. The van der Waals surface area contributed by atoms with Gasteiger partial charge in [0.2, 0.25) is 0 Å². The number of hydrogen-bond acceptors (Lipinski definition) is 4. The van der Waals surface area contributed by atoms with Crippen LogP contribution in [0.5, 0.6) is 0 Å². The zero-order valence-corrected chi connectivity index (χ0v) is 33.4. The highest BCUT2D eigenvalue weighted by Crippen LogP contribution is 2.43. The topological polar surface area (TPSA) is 61.7 Å². The molecule has 6 nitrogen and oxygen atoms in total. The molecule has 0 saturated carbocycles. The maximum atomic E-state index is 9.66. The van der Waals surface area contributed by atoms with Gasteiger partial charge >= 0.3 is 0 Å². The quantitative estimate of drug-likeness (QED) is 0.168. The minimum atomic E-state index is -0.379. The van der Waals surface area contributed by atoms with Crippen LogP contribution in [-0.2, 0) is 0 Å². The second kappa shape index (κ2) is 14.0. The summed E-state index contributed by atoms with van der Waals surface area (Å²) in [6.45, 7) is 0. The van der Waals surface area contributed by atoms with Gasteiger partial charge in [0, 0.05) is 65.8 Å². The molecule has 0 saturated heterocycles. The molecule has 9 aromatic carbocycles. The Bertz CT molecular complexity index is 4220. The van der Waals surface area contributed by atoms with Gasteiger partial charge in [-0.3, -0.25) is 0 Å². The molecule has 0 spiro atoms. The molecule has 13 rings (SSSR count). The van der Waals surface area contributed by atoms with Crippen LogP contribution in [0.2, 0.25) is 0 Å². The first-order chi connectivity index (χ1) is 33.7. The van der Waals surface area contributed by atoms with Crippen molar-refractivity contribution >= 4 is 65.6 Å². The number of para-hydroxylation sites is 7. The molecule has 294 valence electrons. The van der Waals surface area contributed by atoms with Crippen LogP contribution >= 0.6 is 0 Å². The number of nitrogens with zero attached hydrogens (tertiary/aromatic N) is 5. The Morgan fingerprint density at radius 3 is 1.75 bits per heavy atom. The molecule has 0 N–H and O–H groups in total. The first-order valence-electron chi connectivity index (χ1n) is 23.7. The summed E-state index contributed by atoms with van der Waals surface area (Å²) in [6, 6.07) is 56.3. The van der Waals surface area contributed by atoms with E-state index in [9.17, 15) is 4.11 Å². The van der Waals surface area contributed by atoms with Gasteiger partial charge < -0.3 is 13.6 Å². The minimum absolute atomic E-state index is 0.0111. The van der Waals surface area contributed by atoms with Crippen molar-refractivity contribution in [1.29, 1.82) is 0 Å². The van der Waals surface area contributed by atoms with Gasteiger partial charge in [0.15, 0.2) is 17.5 Å². The van der Waals surface area contributed by atoms with Crippen molar-refractivity contribution in [3.05, 3.63) is 212 Å². The van der Waals surface area contributed by atoms with Gasteiger partial charge in [-0.15, -0.1) is 0 Å². The van der Waals surface area contributed by atoms with Crippen LogP contribution in [0, 0.1) is 0 Å².